The molecule has 4 heteroatoms. The van der Waals surface area contributed by atoms with Gasteiger partial charge in [0.15, 0.2) is 0 Å². The number of H-pyrrole nitrogens is 1. The second-order valence-electron chi connectivity index (χ2n) is 4.29. The first-order valence-electron chi connectivity index (χ1n) is 5.68. The van der Waals surface area contributed by atoms with E-state index >= 15 is 0 Å². The van der Waals surface area contributed by atoms with Gasteiger partial charge in [0.25, 0.3) is 0 Å². The summed E-state index contributed by atoms with van der Waals surface area (Å²) in [4.78, 5) is 7.51. The first-order chi connectivity index (χ1) is 7.93. The molecule has 1 fully saturated rings. The van der Waals surface area contributed by atoms with Crippen LogP contribution in [0.3, 0.4) is 0 Å². The lowest BCUT2D eigenvalue weighted by Crippen LogP contribution is -2.22. The molecule has 0 saturated heterocycles. The molecule has 1 unspecified atom stereocenters. The molecule has 16 heavy (non-hydrogen) atoms. The van der Waals surface area contributed by atoms with Crippen LogP contribution in [0.2, 0.25) is 0 Å². The molecule has 0 bridgehead atoms. The highest BCUT2D eigenvalue weighted by Crippen LogP contribution is 2.41. The zero-order valence-electron chi connectivity index (χ0n) is 9.02. The molecule has 84 valence electrons. The van der Waals surface area contributed by atoms with Crippen LogP contribution in [0.5, 0.6) is 0 Å². The molecule has 2 aromatic heterocycles. The van der Waals surface area contributed by atoms with E-state index in [1.54, 1.807) is 11.3 Å². The fourth-order valence-electron chi connectivity index (χ4n) is 1.97. The number of nitrogens with one attached hydrogen (secondary N) is 2. The minimum Gasteiger partial charge on any atom is -0.367 e. The smallest absolute Gasteiger partial charge is 0.110 e. The van der Waals surface area contributed by atoms with E-state index in [0.29, 0.717) is 6.04 Å². The summed E-state index contributed by atoms with van der Waals surface area (Å²) in [6.45, 7) is 0.921. The Kier molecular flexibility index (Phi) is 2.76. The van der Waals surface area contributed by atoms with Crippen LogP contribution in [-0.2, 0) is 6.54 Å². The van der Waals surface area contributed by atoms with E-state index in [2.05, 4.69) is 26.7 Å². The molecular weight excluding hydrogens is 218 g/mol. The fourth-order valence-corrected chi connectivity index (χ4v) is 2.77. The summed E-state index contributed by atoms with van der Waals surface area (Å²) in [5.41, 5.74) is 1.31. The van der Waals surface area contributed by atoms with E-state index in [1.807, 2.05) is 18.6 Å². The molecule has 2 N–H and O–H groups in total. The summed E-state index contributed by atoms with van der Waals surface area (Å²) in [6.07, 6.45) is 8.58. The molecule has 0 aliphatic heterocycles. The van der Waals surface area contributed by atoms with Gasteiger partial charge >= 0.3 is 0 Å². The molecule has 3 rings (SSSR count). The Labute approximate surface area is 98.9 Å². The van der Waals surface area contributed by atoms with Crippen LogP contribution >= 0.6 is 11.3 Å². The third-order valence-corrected chi connectivity index (χ3v) is 3.86. The van der Waals surface area contributed by atoms with E-state index in [9.17, 15) is 0 Å². The molecule has 1 aliphatic rings. The van der Waals surface area contributed by atoms with Crippen molar-refractivity contribution in [1.82, 2.24) is 15.3 Å². The Morgan fingerprint density at radius 2 is 2.50 bits per heavy atom. The molecule has 3 nitrogen and oxygen atoms in total. The largest absolute Gasteiger partial charge is 0.367 e. The predicted molar refractivity (Wildman–Crippen MR) is 65.2 cm³/mol. The lowest BCUT2D eigenvalue weighted by atomic mass is 10.2. The van der Waals surface area contributed by atoms with Crippen molar-refractivity contribution in [1.29, 1.82) is 0 Å². The molecular formula is C12H15N3S. The van der Waals surface area contributed by atoms with Gasteiger partial charge in [0.05, 0.1) is 6.04 Å². The predicted octanol–water partition coefficient (Wildman–Crippen LogP) is 2.71. The minimum absolute atomic E-state index is 0.454. The van der Waals surface area contributed by atoms with E-state index < -0.39 is 0 Å². The van der Waals surface area contributed by atoms with E-state index in [4.69, 9.17) is 0 Å². The Hall–Kier alpha value is -1.13. The Morgan fingerprint density at radius 3 is 3.12 bits per heavy atom. The lowest BCUT2D eigenvalue weighted by Gasteiger charge is -2.15. The van der Waals surface area contributed by atoms with Gasteiger partial charge in [-0.2, -0.15) is 0 Å². The van der Waals surface area contributed by atoms with Crippen molar-refractivity contribution in [3.8, 4) is 0 Å². The van der Waals surface area contributed by atoms with Gasteiger partial charge in [0, 0.05) is 30.5 Å². The van der Waals surface area contributed by atoms with Crippen molar-refractivity contribution in [2.75, 3.05) is 0 Å². The number of aromatic amines is 1. The van der Waals surface area contributed by atoms with E-state index in [0.717, 1.165) is 12.5 Å². The Morgan fingerprint density at radius 1 is 1.56 bits per heavy atom. The summed E-state index contributed by atoms with van der Waals surface area (Å²) >= 11 is 1.76. The summed E-state index contributed by atoms with van der Waals surface area (Å²) in [7, 11) is 0. The molecule has 1 aliphatic carbocycles. The fraction of sp³-hybridized carbons (Fsp3) is 0.417. The van der Waals surface area contributed by atoms with Crippen molar-refractivity contribution in [2.24, 2.45) is 5.92 Å². The molecule has 2 aromatic rings. The van der Waals surface area contributed by atoms with Crippen molar-refractivity contribution < 1.29 is 0 Å². The van der Waals surface area contributed by atoms with Crippen LogP contribution < -0.4 is 5.32 Å². The van der Waals surface area contributed by atoms with Crippen molar-refractivity contribution in [3.05, 3.63) is 40.6 Å². The first kappa shape index (κ1) is 10.1. The van der Waals surface area contributed by atoms with E-state index in [-0.39, 0.29) is 0 Å². The molecule has 0 radical (unpaired) electrons. The second kappa shape index (κ2) is 4.39. The van der Waals surface area contributed by atoms with Crippen molar-refractivity contribution in [2.45, 2.75) is 25.4 Å². The topological polar surface area (TPSA) is 40.7 Å². The normalized spacial score (nSPS) is 17.5. The number of nitrogens with zero attached hydrogens (tertiary/aromatic N) is 1. The van der Waals surface area contributed by atoms with Crippen molar-refractivity contribution in [3.63, 3.8) is 0 Å². The van der Waals surface area contributed by atoms with Gasteiger partial charge in [-0.15, -0.1) is 11.3 Å². The molecule has 0 amide bonds. The number of thiazole rings is 1. The summed E-state index contributed by atoms with van der Waals surface area (Å²) in [5, 5.41) is 6.91. The number of hydrogen-bond acceptors (Lipinski definition) is 3. The maximum Gasteiger partial charge on any atom is 0.110 e. The van der Waals surface area contributed by atoms with Crippen LogP contribution in [0.15, 0.2) is 30.0 Å². The van der Waals surface area contributed by atoms with Gasteiger partial charge in [-0.25, -0.2) is 4.98 Å². The third kappa shape index (κ3) is 2.18. The zero-order chi connectivity index (χ0) is 10.8. The van der Waals surface area contributed by atoms with Gasteiger partial charge in [-0.3, -0.25) is 0 Å². The standard InChI is InChI=1S/C12H15N3S/c1-2-10(1)11(12-14-5-6-16-12)15-8-9-3-4-13-7-9/h3-7,10-11,13,15H,1-2,8H2. The van der Waals surface area contributed by atoms with Crippen LogP contribution in [0.25, 0.3) is 0 Å². The second-order valence-corrected chi connectivity index (χ2v) is 5.21. The Balaban J connectivity index is 1.66. The van der Waals surface area contributed by atoms with Gasteiger partial charge in [0.1, 0.15) is 5.01 Å². The van der Waals surface area contributed by atoms with Gasteiger partial charge in [0.2, 0.25) is 0 Å². The molecule has 1 atom stereocenters. The summed E-state index contributed by atoms with van der Waals surface area (Å²) in [5.74, 6) is 0.796. The van der Waals surface area contributed by atoms with E-state index in [1.165, 1.54) is 23.4 Å². The molecule has 0 spiro atoms. The highest BCUT2D eigenvalue weighted by atomic mass is 32.1. The number of aromatic nitrogens is 2. The third-order valence-electron chi connectivity index (χ3n) is 3.00. The molecule has 2 heterocycles. The summed E-state index contributed by atoms with van der Waals surface area (Å²) < 4.78 is 0. The zero-order valence-corrected chi connectivity index (χ0v) is 9.83. The monoisotopic (exact) mass is 233 g/mol. The minimum atomic E-state index is 0.454. The first-order valence-corrected chi connectivity index (χ1v) is 6.56. The quantitative estimate of drug-likeness (QED) is 0.833. The lowest BCUT2D eigenvalue weighted by molar-refractivity contribution is 0.478. The highest BCUT2D eigenvalue weighted by Gasteiger charge is 2.33. The van der Waals surface area contributed by atoms with Crippen molar-refractivity contribution >= 4 is 11.3 Å². The highest BCUT2D eigenvalue weighted by molar-refractivity contribution is 7.09. The average molecular weight is 233 g/mol. The SMILES string of the molecule is c1csc(C(NCc2cc[nH]c2)C2CC2)n1. The maximum absolute atomic E-state index is 4.43. The molecule has 1 saturated carbocycles. The van der Waals surface area contributed by atoms with Gasteiger partial charge in [-0.05, 0) is 30.4 Å². The van der Waals surface area contributed by atoms with Gasteiger partial charge in [-0.1, -0.05) is 0 Å². The molecule has 0 aromatic carbocycles. The number of rotatable bonds is 5. The average Bonchev–Trinajstić information content (AvgIpc) is 2.83. The van der Waals surface area contributed by atoms with Gasteiger partial charge < -0.3 is 10.3 Å². The Bertz CT molecular complexity index is 417. The number of hydrogen-bond donors (Lipinski definition) is 2. The van der Waals surface area contributed by atoms with Crippen LogP contribution in [0.4, 0.5) is 0 Å². The maximum atomic E-state index is 4.43. The van der Waals surface area contributed by atoms with Crippen LogP contribution in [0.1, 0.15) is 29.5 Å². The van der Waals surface area contributed by atoms with Crippen LogP contribution in [-0.4, -0.2) is 9.97 Å². The summed E-state index contributed by atoms with van der Waals surface area (Å²) in [6, 6.07) is 2.56. The van der Waals surface area contributed by atoms with Crippen LogP contribution in [0, 0.1) is 5.92 Å².